The zero-order valence-corrected chi connectivity index (χ0v) is 16.3. The number of nitro benzene ring substituents is 1. The smallest absolute Gasteiger partial charge is 0.328 e. The van der Waals surface area contributed by atoms with Crippen molar-refractivity contribution in [3.8, 4) is 5.75 Å². The average molecular weight is 409 g/mol. The van der Waals surface area contributed by atoms with E-state index in [0.29, 0.717) is 5.56 Å². The number of amides is 1. The molecule has 30 heavy (non-hydrogen) atoms. The van der Waals surface area contributed by atoms with Gasteiger partial charge in [0.25, 0.3) is 5.91 Å². The highest BCUT2D eigenvalue weighted by atomic mass is 16.6. The Kier molecular flexibility index (Phi) is 6.21. The highest BCUT2D eigenvalue weighted by Gasteiger charge is 2.25. The lowest BCUT2D eigenvalue weighted by Gasteiger charge is -2.17. The summed E-state index contributed by atoms with van der Waals surface area (Å²) in [5.41, 5.74) is 1.26. The van der Waals surface area contributed by atoms with Crippen LogP contribution in [0, 0.1) is 10.1 Å². The first kappa shape index (κ1) is 20.7. The molecule has 9 nitrogen and oxygen atoms in total. The number of pyridine rings is 1. The number of aromatic nitrogens is 1. The van der Waals surface area contributed by atoms with E-state index in [4.69, 9.17) is 9.47 Å². The monoisotopic (exact) mass is 409 g/mol. The van der Waals surface area contributed by atoms with E-state index < -0.39 is 22.8 Å². The standard InChI is InChI=1S/C21H19N3O6/c1-29-19-8-7-13(10-18(19)24(27)28)9-17(21(26)30-2)23-20(25)15-11-14-5-3-4-6-16(14)22-12-15/h3-8,10-12,17H,9H2,1-2H3,(H,23,25)/t17-/m1/s1. The number of para-hydroxylation sites is 1. The molecule has 0 fully saturated rings. The van der Waals surface area contributed by atoms with Gasteiger partial charge in [0.15, 0.2) is 5.75 Å². The molecule has 0 bridgehead atoms. The van der Waals surface area contributed by atoms with E-state index in [1.165, 1.54) is 32.5 Å². The number of fused-ring (bicyclic) bond motifs is 1. The predicted octanol–water partition coefficient (Wildman–Crippen LogP) is 2.67. The van der Waals surface area contributed by atoms with Crippen molar-refractivity contribution < 1.29 is 24.0 Å². The number of carbonyl (C=O) groups excluding carboxylic acids is 2. The van der Waals surface area contributed by atoms with Crippen LogP contribution in [0.25, 0.3) is 10.9 Å². The van der Waals surface area contributed by atoms with Crippen molar-refractivity contribution in [2.75, 3.05) is 14.2 Å². The fourth-order valence-electron chi connectivity index (χ4n) is 3.01. The SMILES string of the molecule is COC(=O)[C@@H](Cc1ccc(OC)c([N+](=O)[O-])c1)NC(=O)c1cnc2ccccc2c1. The van der Waals surface area contributed by atoms with Gasteiger partial charge in [0.1, 0.15) is 6.04 Å². The molecule has 9 heteroatoms. The van der Waals surface area contributed by atoms with Crippen molar-refractivity contribution in [3.05, 3.63) is 76.0 Å². The molecule has 1 N–H and O–H groups in total. The van der Waals surface area contributed by atoms with Crippen LogP contribution in [0.3, 0.4) is 0 Å². The van der Waals surface area contributed by atoms with Gasteiger partial charge in [0.05, 0.1) is 30.2 Å². The summed E-state index contributed by atoms with van der Waals surface area (Å²) in [6.45, 7) is 0. The summed E-state index contributed by atoms with van der Waals surface area (Å²) in [5.74, 6) is -1.08. The maximum atomic E-state index is 12.7. The van der Waals surface area contributed by atoms with Gasteiger partial charge in [-0.2, -0.15) is 0 Å². The van der Waals surface area contributed by atoms with Gasteiger partial charge in [-0.3, -0.25) is 19.9 Å². The van der Waals surface area contributed by atoms with E-state index in [9.17, 15) is 19.7 Å². The lowest BCUT2D eigenvalue weighted by atomic mass is 10.0. The molecule has 0 radical (unpaired) electrons. The van der Waals surface area contributed by atoms with Crippen LogP contribution in [-0.4, -0.2) is 42.0 Å². The summed E-state index contributed by atoms with van der Waals surface area (Å²) in [7, 11) is 2.53. The number of ether oxygens (including phenoxy) is 2. The van der Waals surface area contributed by atoms with Crippen molar-refractivity contribution in [3.63, 3.8) is 0 Å². The first-order valence-electron chi connectivity index (χ1n) is 8.97. The maximum Gasteiger partial charge on any atom is 0.328 e. The number of nitrogens with zero attached hydrogens (tertiary/aromatic N) is 2. The normalized spacial score (nSPS) is 11.5. The van der Waals surface area contributed by atoms with Crippen molar-refractivity contribution in [2.24, 2.45) is 0 Å². The van der Waals surface area contributed by atoms with Crippen LogP contribution in [0.5, 0.6) is 5.75 Å². The molecule has 1 amide bonds. The molecule has 1 heterocycles. The first-order chi connectivity index (χ1) is 14.4. The molecule has 0 saturated carbocycles. The third-order valence-corrected chi connectivity index (χ3v) is 4.52. The largest absolute Gasteiger partial charge is 0.490 e. The van der Waals surface area contributed by atoms with Gasteiger partial charge in [0.2, 0.25) is 0 Å². The zero-order chi connectivity index (χ0) is 21.7. The van der Waals surface area contributed by atoms with Gasteiger partial charge in [-0.1, -0.05) is 24.3 Å². The molecule has 0 spiro atoms. The number of nitro groups is 1. The number of rotatable bonds is 7. The Morgan fingerprint density at radius 3 is 2.63 bits per heavy atom. The van der Waals surface area contributed by atoms with Crippen LogP contribution in [0.1, 0.15) is 15.9 Å². The fraction of sp³-hybridized carbons (Fsp3) is 0.190. The second-order valence-corrected chi connectivity index (χ2v) is 6.43. The molecule has 1 atom stereocenters. The van der Waals surface area contributed by atoms with E-state index in [1.807, 2.05) is 24.3 Å². The minimum Gasteiger partial charge on any atom is -0.490 e. The van der Waals surface area contributed by atoms with Crippen LogP contribution >= 0.6 is 0 Å². The summed E-state index contributed by atoms with van der Waals surface area (Å²) in [6.07, 6.45) is 1.43. The number of hydrogen-bond donors (Lipinski definition) is 1. The van der Waals surface area contributed by atoms with Gasteiger partial charge in [-0.05, 0) is 23.8 Å². The Bertz CT molecular complexity index is 1110. The quantitative estimate of drug-likeness (QED) is 0.362. The van der Waals surface area contributed by atoms with Crippen molar-refractivity contribution >= 4 is 28.5 Å². The summed E-state index contributed by atoms with van der Waals surface area (Å²) in [5, 5.41) is 14.6. The number of benzene rings is 2. The van der Waals surface area contributed by atoms with E-state index in [1.54, 1.807) is 12.1 Å². The van der Waals surface area contributed by atoms with E-state index in [2.05, 4.69) is 10.3 Å². The molecule has 0 aliphatic heterocycles. The van der Waals surface area contributed by atoms with Gasteiger partial charge in [-0.15, -0.1) is 0 Å². The van der Waals surface area contributed by atoms with Crippen LogP contribution < -0.4 is 10.1 Å². The highest BCUT2D eigenvalue weighted by Crippen LogP contribution is 2.28. The molecular weight excluding hydrogens is 390 g/mol. The summed E-state index contributed by atoms with van der Waals surface area (Å²) < 4.78 is 9.77. The van der Waals surface area contributed by atoms with Gasteiger partial charge in [0, 0.05) is 24.1 Å². The second-order valence-electron chi connectivity index (χ2n) is 6.43. The summed E-state index contributed by atoms with van der Waals surface area (Å²) >= 11 is 0. The van der Waals surface area contributed by atoms with Gasteiger partial charge >= 0.3 is 11.7 Å². The molecule has 3 aromatic rings. The van der Waals surface area contributed by atoms with Crippen molar-refractivity contribution in [1.82, 2.24) is 10.3 Å². The number of nitrogens with one attached hydrogen (secondary N) is 1. The van der Waals surface area contributed by atoms with Crippen molar-refractivity contribution in [2.45, 2.75) is 12.5 Å². The van der Waals surface area contributed by atoms with Crippen LogP contribution in [-0.2, 0) is 16.0 Å². The van der Waals surface area contributed by atoms with Crippen LogP contribution in [0.4, 0.5) is 5.69 Å². The first-order valence-corrected chi connectivity index (χ1v) is 8.97. The van der Waals surface area contributed by atoms with Crippen molar-refractivity contribution in [1.29, 1.82) is 0 Å². The van der Waals surface area contributed by atoms with E-state index in [-0.39, 0.29) is 23.4 Å². The molecule has 0 unspecified atom stereocenters. The Morgan fingerprint density at radius 2 is 1.93 bits per heavy atom. The van der Waals surface area contributed by atoms with Gasteiger partial charge in [-0.25, -0.2) is 4.79 Å². The third kappa shape index (κ3) is 4.52. The number of carbonyl (C=O) groups is 2. The molecule has 2 aromatic carbocycles. The number of methoxy groups -OCH3 is 2. The fourth-order valence-corrected chi connectivity index (χ4v) is 3.01. The average Bonchev–Trinajstić information content (AvgIpc) is 2.77. The Labute approximate surface area is 171 Å². The third-order valence-electron chi connectivity index (χ3n) is 4.52. The highest BCUT2D eigenvalue weighted by molar-refractivity contribution is 5.99. The molecule has 154 valence electrons. The zero-order valence-electron chi connectivity index (χ0n) is 16.3. The lowest BCUT2D eigenvalue weighted by Crippen LogP contribution is -2.43. The Morgan fingerprint density at radius 1 is 1.17 bits per heavy atom. The maximum absolute atomic E-state index is 12.7. The lowest BCUT2D eigenvalue weighted by molar-refractivity contribution is -0.385. The minimum atomic E-state index is -1.04. The number of esters is 1. The summed E-state index contributed by atoms with van der Waals surface area (Å²) in [6, 6.07) is 12.3. The molecule has 0 aliphatic rings. The topological polar surface area (TPSA) is 121 Å². The molecular formula is C21H19N3O6. The number of hydrogen-bond acceptors (Lipinski definition) is 7. The second kappa shape index (κ2) is 8.99. The minimum absolute atomic E-state index is 0.00422. The Balaban J connectivity index is 1.84. The van der Waals surface area contributed by atoms with Gasteiger partial charge < -0.3 is 14.8 Å². The molecule has 0 saturated heterocycles. The van der Waals surface area contributed by atoms with Crippen LogP contribution in [0.15, 0.2) is 54.7 Å². The van der Waals surface area contributed by atoms with Crippen LogP contribution in [0.2, 0.25) is 0 Å². The summed E-state index contributed by atoms with van der Waals surface area (Å²) in [4.78, 5) is 39.8. The molecule has 3 rings (SSSR count). The molecule has 1 aromatic heterocycles. The van der Waals surface area contributed by atoms with E-state index in [0.717, 1.165) is 10.9 Å². The predicted molar refractivity (Wildman–Crippen MR) is 108 cm³/mol. The van der Waals surface area contributed by atoms with E-state index >= 15 is 0 Å². The molecule has 0 aliphatic carbocycles. The Hall–Kier alpha value is -4.01.